The fraction of sp³-hybridized carbons (Fsp3) is 0.433. The van der Waals surface area contributed by atoms with Crippen LogP contribution in [0.4, 0.5) is 4.79 Å². The molecule has 0 unspecified atom stereocenters. The Morgan fingerprint density at radius 1 is 1.15 bits per heavy atom. The first kappa shape index (κ1) is 28.1. The molecule has 5 rings (SSSR count). The molecule has 2 saturated heterocycles. The molecule has 2 fully saturated rings. The van der Waals surface area contributed by atoms with Gasteiger partial charge in [0.15, 0.2) is 0 Å². The van der Waals surface area contributed by atoms with Crippen molar-refractivity contribution >= 4 is 36.7 Å². The van der Waals surface area contributed by atoms with Crippen molar-refractivity contribution in [1.82, 2.24) is 4.90 Å². The van der Waals surface area contributed by atoms with E-state index in [1.54, 1.807) is 6.07 Å². The van der Waals surface area contributed by atoms with Crippen molar-refractivity contribution in [3.63, 3.8) is 0 Å². The van der Waals surface area contributed by atoms with Crippen molar-refractivity contribution in [3.05, 3.63) is 70.7 Å². The monoisotopic (exact) mass is 547 g/mol. The number of hydrogen-bond acceptors (Lipinski definition) is 8. The Bertz CT molecular complexity index is 1330. The van der Waals surface area contributed by atoms with E-state index in [4.69, 9.17) is 13.8 Å². The number of ether oxygens (including phenoxy) is 1. The molecule has 2 aromatic rings. The van der Waals surface area contributed by atoms with Gasteiger partial charge in [0, 0.05) is 0 Å². The molecule has 9 nitrogen and oxygen atoms in total. The lowest BCUT2D eigenvalue weighted by molar-refractivity contribution is -0.137. The minimum atomic E-state index is -1.10. The second-order valence-electron chi connectivity index (χ2n) is 10.6. The maximum absolute atomic E-state index is 13.4. The average molecular weight is 547 g/mol. The summed E-state index contributed by atoms with van der Waals surface area (Å²) in [5, 5.41) is 20.2. The van der Waals surface area contributed by atoms with Crippen molar-refractivity contribution in [3.8, 4) is 0 Å². The average Bonchev–Trinajstić information content (AvgIpc) is 3.52. The highest BCUT2D eigenvalue weighted by Gasteiger charge is 2.59. The van der Waals surface area contributed by atoms with Crippen LogP contribution in [0.2, 0.25) is 6.32 Å². The van der Waals surface area contributed by atoms with Crippen LogP contribution in [0.5, 0.6) is 0 Å². The Balaban J connectivity index is 1.47. The van der Waals surface area contributed by atoms with Crippen molar-refractivity contribution in [1.29, 1.82) is 0 Å². The number of aliphatic hydroxyl groups excluding tert-OH is 1. The van der Waals surface area contributed by atoms with E-state index in [0.29, 0.717) is 35.7 Å². The quantitative estimate of drug-likeness (QED) is 0.282. The van der Waals surface area contributed by atoms with Gasteiger partial charge in [0.1, 0.15) is 18.1 Å². The van der Waals surface area contributed by atoms with Crippen LogP contribution in [0.1, 0.15) is 56.1 Å². The number of methoxy groups -OCH3 is 1. The van der Waals surface area contributed by atoms with E-state index >= 15 is 0 Å². The normalized spacial score (nSPS) is 24.9. The molecule has 0 radical (unpaired) electrons. The summed E-state index contributed by atoms with van der Waals surface area (Å²) in [7, 11) is 0.0491. The van der Waals surface area contributed by atoms with E-state index in [-0.39, 0.29) is 12.9 Å². The topological polar surface area (TPSA) is 127 Å². The van der Waals surface area contributed by atoms with Gasteiger partial charge in [-0.15, -0.1) is 0 Å². The summed E-state index contributed by atoms with van der Waals surface area (Å²) < 4.78 is 16.6. The zero-order valence-corrected chi connectivity index (χ0v) is 22.7. The van der Waals surface area contributed by atoms with Gasteiger partial charge in [-0.1, -0.05) is 49.2 Å². The number of hydrogen-bond donors (Lipinski definition) is 2. The molecule has 3 heterocycles. The molecule has 0 saturated carbocycles. The van der Waals surface area contributed by atoms with Gasteiger partial charge in [0.25, 0.3) is 0 Å². The molecule has 210 valence electrons. The number of carbonyl (C=O) groups is 3. The maximum atomic E-state index is 13.4. The number of rotatable bonds is 8. The number of furan rings is 1. The predicted octanol–water partition coefficient (Wildman–Crippen LogP) is 4.46. The second-order valence-corrected chi connectivity index (χ2v) is 10.6. The van der Waals surface area contributed by atoms with Crippen LogP contribution in [0.15, 0.2) is 58.0 Å². The first-order valence-corrected chi connectivity index (χ1v) is 13.8. The largest absolute Gasteiger partial charge is 0.459 e. The summed E-state index contributed by atoms with van der Waals surface area (Å²) >= 11 is 0. The molecular weight excluding hydrogens is 513 g/mol. The number of likely N-dealkylation sites (tertiary alicyclic amines) is 1. The zero-order chi connectivity index (χ0) is 28.4. The van der Waals surface area contributed by atoms with Crippen LogP contribution >= 0.6 is 0 Å². The van der Waals surface area contributed by atoms with Gasteiger partial charge >= 0.3 is 13.2 Å². The number of nitrogens with zero attached hydrogens (tertiary/aromatic N) is 1. The van der Waals surface area contributed by atoms with Crippen LogP contribution in [0, 0.1) is 17.8 Å². The van der Waals surface area contributed by atoms with Crippen molar-refractivity contribution in [2.75, 3.05) is 7.11 Å². The van der Waals surface area contributed by atoms with Gasteiger partial charge in [-0.25, -0.2) is 4.79 Å². The van der Waals surface area contributed by atoms with E-state index in [0.717, 1.165) is 42.2 Å². The number of benzene rings is 1. The van der Waals surface area contributed by atoms with Gasteiger partial charge in [0.2, 0.25) is 11.8 Å². The molecule has 3 amide bonds. The molecule has 1 aromatic carbocycles. The van der Waals surface area contributed by atoms with Gasteiger partial charge in [-0.3, -0.25) is 9.59 Å². The summed E-state index contributed by atoms with van der Waals surface area (Å²) in [6, 6.07) is 13.4. The van der Waals surface area contributed by atoms with E-state index in [1.807, 2.05) is 42.5 Å². The lowest BCUT2D eigenvalue weighted by Crippen LogP contribution is -2.46. The Morgan fingerprint density at radius 3 is 2.60 bits per heavy atom. The predicted molar refractivity (Wildman–Crippen MR) is 147 cm³/mol. The van der Waals surface area contributed by atoms with Crippen LogP contribution in [-0.2, 0) is 25.6 Å². The van der Waals surface area contributed by atoms with Crippen LogP contribution in [0.3, 0.4) is 0 Å². The highest BCUT2D eigenvalue weighted by atomic mass is 16.5. The maximum Gasteiger partial charge on any atom is 0.455 e. The number of carbonyl (C=O) groups excluding carboxylic acids is 3. The molecule has 1 aromatic heterocycles. The van der Waals surface area contributed by atoms with Gasteiger partial charge in [-0.05, 0) is 72.8 Å². The smallest absolute Gasteiger partial charge is 0.455 e. The molecule has 2 N–H and O–H groups in total. The lowest BCUT2D eigenvalue weighted by Gasteiger charge is -2.43. The first-order valence-electron chi connectivity index (χ1n) is 13.8. The highest BCUT2D eigenvalue weighted by molar-refractivity contribution is 6.43. The van der Waals surface area contributed by atoms with Gasteiger partial charge in [-0.2, -0.15) is 4.90 Å². The molecule has 0 spiro atoms. The van der Waals surface area contributed by atoms with Crippen LogP contribution < -0.4 is 0 Å². The van der Waals surface area contributed by atoms with E-state index in [2.05, 4.69) is 6.92 Å². The molecule has 0 bridgehead atoms. The number of imide groups is 3. The van der Waals surface area contributed by atoms with Crippen LogP contribution in [-0.4, -0.2) is 53.3 Å². The molecule has 2 aliphatic heterocycles. The third-order valence-electron chi connectivity index (χ3n) is 8.19. The van der Waals surface area contributed by atoms with E-state index < -0.39 is 48.9 Å². The number of fused-ring (bicyclic) bond motifs is 3. The Kier molecular flexibility index (Phi) is 8.39. The molecule has 3 aliphatic rings. The summed E-state index contributed by atoms with van der Waals surface area (Å²) in [6.45, 7) is 1.87. The summed E-state index contributed by atoms with van der Waals surface area (Å²) in [5.41, 5.74) is 4.06. The third-order valence-corrected chi connectivity index (χ3v) is 8.19. The minimum Gasteiger partial charge on any atom is -0.459 e. The van der Waals surface area contributed by atoms with E-state index in [9.17, 15) is 24.5 Å². The standard InChI is InChI=1S/C30H34BNO8/c1-3-7-20-15-23-27(29(35)32(28(23)34)30(36)38-2)24-16-31(37)40-25(26(20)24)13-10-19(18-8-5-4-6-9-18)14-21-11-12-22(17-33)39-21/h4-6,8-9,11-12,14,23-25,27,33,37H,3,7,10,13,15-17H2,1-2H3/b19-14-/t23-,24+,25-,27-/m1/s1. The van der Waals surface area contributed by atoms with Gasteiger partial charge < -0.3 is 23.9 Å². The zero-order valence-electron chi connectivity index (χ0n) is 22.7. The molecule has 10 heteroatoms. The Labute approximate surface area is 233 Å². The van der Waals surface area contributed by atoms with Crippen molar-refractivity contribution in [2.45, 2.75) is 58.1 Å². The summed E-state index contributed by atoms with van der Waals surface area (Å²) in [4.78, 5) is 39.5. The lowest BCUT2D eigenvalue weighted by atomic mass is 9.58. The molecule has 40 heavy (non-hydrogen) atoms. The van der Waals surface area contributed by atoms with Crippen molar-refractivity contribution < 1.29 is 38.3 Å². The molecule has 4 atom stereocenters. The van der Waals surface area contributed by atoms with Gasteiger partial charge in [0.05, 0.1) is 25.0 Å². The minimum absolute atomic E-state index is 0.186. The molecular formula is C30H34BNO8. The highest BCUT2D eigenvalue weighted by Crippen LogP contribution is 2.51. The number of amides is 3. The second kappa shape index (κ2) is 12.0. The number of allylic oxidation sites excluding steroid dienone is 2. The SMILES string of the molecule is CCCC1=C2[C@@H](CC/C(=C/c3ccc(CO)o3)c3ccccc3)OB(O)C[C@@H]2[C@@H]2C(=O)N(C(=O)OC)C(=O)[C@@H]2C1. The first-order chi connectivity index (χ1) is 19.4. The number of aliphatic hydroxyl groups is 1. The Hall–Kier alpha value is -3.47. The fourth-order valence-corrected chi connectivity index (χ4v) is 6.54. The summed E-state index contributed by atoms with van der Waals surface area (Å²) in [6.07, 6.45) is 3.80. The van der Waals surface area contributed by atoms with Crippen LogP contribution in [0.25, 0.3) is 11.6 Å². The Morgan fingerprint density at radius 2 is 1.93 bits per heavy atom. The summed E-state index contributed by atoms with van der Waals surface area (Å²) in [5.74, 6) is -1.77. The molecule has 1 aliphatic carbocycles. The fourth-order valence-electron chi connectivity index (χ4n) is 6.54. The third kappa shape index (κ3) is 5.31. The van der Waals surface area contributed by atoms with Crippen molar-refractivity contribution in [2.24, 2.45) is 17.8 Å². The van der Waals surface area contributed by atoms with E-state index in [1.165, 1.54) is 0 Å².